The third kappa shape index (κ3) is 4.35. The van der Waals surface area contributed by atoms with E-state index in [4.69, 9.17) is 11.5 Å². The number of nitrogen functional groups attached to an aromatic ring is 1. The van der Waals surface area contributed by atoms with Crippen molar-refractivity contribution in [3.8, 4) is 0 Å². The van der Waals surface area contributed by atoms with E-state index in [1.165, 1.54) is 11.8 Å². The lowest BCUT2D eigenvalue weighted by Crippen LogP contribution is -2.29. The summed E-state index contributed by atoms with van der Waals surface area (Å²) in [6, 6.07) is 3.06. The van der Waals surface area contributed by atoms with Gasteiger partial charge in [-0.05, 0) is 30.5 Å². The van der Waals surface area contributed by atoms with Gasteiger partial charge in [-0.3, -0.25) is 4.99 Å². The minimum absolute atomic E-state index is 0.220. The fourth-order valence-electron chi connectivity index (χ4n) is 2.23. The van der Waals surface area contributed by atoms with Gasteiger partial charge in [0.25, 0.3) is 0 Å². The van der Waals surface area contributed by atoms with Gasteiger partial charge < -0.3 is 16.2 Å². The molecule has 0 saturated carbocycles. The normalized spacial score (nSPS) is 24.9. The molecule has 2 rings (SSSR count). The Hall–Kier alpha value is -1.27. The fourth-order valence-corrected chi connectivity index (χ4v) is 3.15. The molecule has 0 spiro atoms. The van der Waals surface area contributed by atoms with Crippen molar-refractivity contribution in [3.05, 3.63) is 29.1 Å². The SMILES string of the molecule is COC.Cc1cc(N)cc(C2N=C(N)S[C@@H](C)C2C)c1F. The number of aryl methyl sites for hydroxylation is 1. The Balaban J connectivity index is 0.000000677. The first-order valence-corrected chi connectivity index (χ1v) is 7.65. The van der Waals surface area contributed by atoms with Gasteiger partial charge in [-0.15, -0.1) is 0 Å². The van der Waals surface area contributed by atoms with E-state index >= 15 is 0 Å². The minimum atomic E-state index is -0.247. The number of hydrogen-bond donors (Lipinski definition) is 2. The summed E-state index contributed by atoms with van der Waals surface area (Å²) in [5.74, 6) is -0.00491. The molecular formula is C15H24FN3OS. The molecule has 21 heavy (non-hydrogen) atoms. The number of thioether (sulfide) groups is 1. The van der Waals surface area contributed by atoms with Crippen LogP contribution in [-0.2, 0) is 4.74 Å². The summed E-state index contributed by atoms with van der Waals surface area (Å²) >= 11 is 1.54. The van der Waals surface area contributed by atoms with Crippen LogP contribution in [0.4, 0.5) is 10.1 Å². The van der Waals surface area contributed by atoms with Crippen molar-refractivity contribution in [2.75, 3.05) is 20.0 Å². The molecule has 0 fully saturated rings. The first-order chi connectivity index (χ1) is 9.81. The number of hydrogen-bond acceptors (Lipinski definition) is 5. The van der Waals surface area contributed by atoms with Crippen molar-refractivity contribution in [1.29, 1.82) is 0 Å². The van der Waals surface area contributed by atoms with Crippen molar-refractivity contribution < 1.29 is 9.13 Å². The molecular weight excluding hydrogens is 289 g/mol. The van der Waals surface area contributed by atoms with Gasteiger partial charge in [-0.2, -0.15) is 0 Å². The molecule has 3 atom stereocenters. The second-order valence-electron chi connectivity index (χ2n) is 5.24. The molecule has 1 aromatic carbocycles. The van der Waals surface area contributed by atoms with Gasteiger partial charge in [0, 0.05) is 30.7 Å². The van der Waals surface area contributed by atoms with Crippen molar-refractivity contribution in [1.82, 2.24) is 0 Å². The summed E-state index contributed by atoms with van der Waals surface area (Å²) in [5, 5.41) is 0.832. The summed E-state index contributed by atoms with van der Waals surface area (Å²) in [5.41, 5.74) is 13.3. The van der Waals surface area contributed by atoms with Crippen LogP contribution in [0.3, 0.4) is 0 Å². The predicted molar refractivity (Wildman–Crippen MR) is 89.1 cm³/mol. The van der Waals surface area contributed by atoms with E-state index in [1.54, 1.807) is 33.3 Å². The number of anilines is 1. The van der Waals surface area contributed by atoms with Crippen molar-refractivity contribution in [2.45, 2.75) is 32.1 Å². The van der Waals surface area contributed by atoms with Gasteiger partial charge in [-0.1, -0.05) is 25.6 Å². The number of methoxy groups -OCH3 is 1. The second-order valence-corrected chi connectivity index (χ2v) is 6.64. The van der Waals surface area contributed by atoms with Crippen LogP contribution >= 0.6 is 11.8 Å². The van der Waals surface area contributed by atoms with E-state index in [2.05, 4.69) is 23.6 Å². The topological polar surface area (TPSA) is 73.6 Å². The van der Waals surface area contributed by atoms with Crippen LogP contribution in [-0.4, -0.2) is 24.6 Å². The Morgan fingerprint density at radius 3 is 2.38 bits per heavy atom. The fraction of sp³-hybridized carbons (Fsp3) is 0.533. The molecule has 0 aromatic heterocycles. The molecule has 1 heterocycles. The zero-order chi connectivity index (χ0) is 16.2. The number of halogens is 1. The molecule has 2 unspecified atom stereocenters. The molecule has 0 saturated heterocycles. The van der Waals surface area contributed by atoms with Crippen LogP contribution in [0.1, 0.15) is 31.0 Å². The van der Waals surface area contributed by atoms with Crippen LogP contribution in [0, 0.1) is 18.7 Å². The molecule has 118 valence electrons. The third-order valence-electron chi connectivity index (χ3n) is 3.44. The molecule has 4 N–H and O–H groups in total. The van der Waals surface area contributed by atoms with Crippen LogP contribution in [0.5, 0.6) is 0 Å². The highest BCUT2D eigenvalue weighted by Crippen LogP contribution is 2.40. The minimum Gasteiger partial charge on any atom is -0.399 e. The first-order valence-electron chi connectivity index (χ1n) is 6.77. The smallest absolute Gasteiger partial charge is 0.154 e. The second kappa shape index (κ2) is 7.66. The zero-order valence-corrected chi connectivity index (χ0v) is 14.0. The number of amidine groups is 1. The van der Waals surface area contributed by atoms with Gasteiger partial charge in [0.05, 0.1) is 6.04 Å². The molecule has 4 nitrogen and oxygen atoms in total. The average Bonchev–Trinajstić information content (AvgIpc) is 2.39. The Labute approximate surface area is 130 Å². The van der Waals surface area contributed by atoms with Crippen LogP contribution < -0.4 is 11.5 Å². The summed E-state index contributed by atoms with van der Waals surface area (Å²) < 4.78 is 18.5. The number of nitrogens with two attached hydrogens (primary N) is 2. The van der Waals surface area contributed by atoms with E-state index in [0.717, 1.165) is 0 Å². The summed E-state index contributed by atoms with van der Waals surface area (Å²) in [6.07, 6.45) is 0. The highest BCUT2D eigenvalue weighted by molar-refractivity contribution is 8.14. The summed E-state index contributed by atoms with van der Waals surface area (Å²) in [6.45, 7) is 5.87. The largest absolute Gasteiger partial charge is 0.399 e. The van der Waals surface area contributed by atoms with E-state index in [0.29, 0.717) is 27.2 Å². The summed E-state index contributed by atoms with van der Waals surface area (Å²) in [4.78, 5) is 4.39. The molecule has 0 bridgehead atoms. The number of nitrogens with zero attached hydrogens (tertiary/aromatic N) is 1. The highest BCUT2D eigenvalue weighted by Gasteiger charge is 2.31. The van der Waals surface area contributed by atoms with Gasteiger partial charge in [0.2, 0.25) is 0 Å². The maximum atomic E-state index is 14.2. The number of aliphatic imine (C=N–C) groups is 1. The van der Waals surface area contributed by atoms with Gasteiger partial charge in [0.15, 0.2) is 5.17 Å². The van der Waals surface area contributed by atoms with Gasteiger partial charge in [-0.25, -0.2) is 4.39 Å². The molecule has 0 amide bonds. The lowest BCUT2D eigenvalue weighted by atomic mass is 9.90. The van der Waals surface area contributed by atoms with Crippen molar-refractivity contribution >= 4 is 22.6 Å². The quantitative estimate of drug-likeness (QED) is 0.781. The highest BCUT2D eigenvalue weighted by atomic mass is 32.2. The van der Waals surface area contributed by atoms with Crippen LogP contribution in [0.15, 0.2) is 17.1 Å². The van der Waals surface area contributed by atoms with Crippen molar-refractivity contribution in [3.63, 3.8) is 0 Å². The summed E-state index contributed by atoms with van der Waals surface area (Å²) in [7, 11) is 3.25. The third-order valence-corrected chi connectivity index (χ3v) is 4.58. The molecule has 0 radical (unpaired) electrons. The maximum Gasteiger partial charge on any atom is 0.154 e. The van der Waals surface area contributed by atoms with Gasteiger partial charge >= 0.3 is 0 Å². The number of ether oxygens (including phenoxy) is 1. The van der Waals surface area contributed by atoms with Crippen molar-refractivity contribution in [2.24, 2.45) is 16.6 Å². The van der Waals surface area contributed by atoms with E-state index in [-0.39, 0.29) is 17.8 Å². The predicted octanol–water partition coefficient (Wildman–Crippen LogP) is 3.11. The number of benzene rings is 1. The van der Waals surface area contributed by atoms with E-state index in [1.807, 2.05) is 0 Å². The Morgan fingerprint density at radius 2 is 1.81 bits per heavy atom. The molecule has 0 aliphatic carbocycles. The standard InChI is InChI=1S/C13H18FN3S.C2H6O/c1-6-4-9(15)5-10(11(6)14)12-7(2)8(3)18-13(16)17-12;1-3-2/h4-5,7-8,12H,15H2,1-3H3,(H2,16,17);1-2H3/t7?,8-,12?;/m0./s1. The first kappa shape index (κ1) is 17.8. The lowest BCUT2D eigenvalue weighted by molar-refractivity contribution is 0.277. The van der Waals surface area contributed by atoms with E-state index in [9.17, 15) is 4.39 Å². The lowest BCUT2D eigenvalue weighted by Gasteiger charge is -2.31. The average molecular weight is 313 g/mol. The Kier molecular flexibility index (Phi) is 6.48. The molecule has 1 aromatic rings. The van der Waals surface area contributed by atoms with Gasteiger partial charge in [0.1, 0.15) is 5.82 Å². The molecule has 1 aliphatic heterocycles. The van der Waals surface area contributed by atoms with Crippen LogP contribution in [0.2, 0.25) is 0 Å². The maximum absolute atomic E-state index is 14.2. The zero-order valence-electron chi connectivity index (χ0n) is 13.2. The van der Waals surface area contributed by atoms with Crippen LogP contribution in [0.25, 0.3) is 0 Å². The molecule has 6 heteroatoms. The monoisotopic (exact) mass is 313 g/mol. The molecule has 1 aliphatic rings. The Bertz CT molecular complexity index is 522. The van der Waals surface area contributed by atoms with E-state index < -0.39 is 0 Å². The number of rotatable bonds is 1. The Morgan fingerprint density at radius 1 is 1.24 bits per heavy atom.